The van der Waals surface area contributed by atoms with Crippen LogP contribution in [0, 0.1) is 5.82 Å². The molecule has 0 aromatic heterocycles. The number of carbonyl (C=O) groups excluding carboxylic acids is 2. The molecule has 1 aliphatic heterocycles. The van der Waals surface area contributed by atoms with Crippen LogP contribution < -0.4 is 15.0 Å². The van der Waals surface area contributed by atoms with Crippen molar-refractivity contribution < 1.29 is 18.7 Å². The highest BCUT2D eigenvalue weighted by atomic mass is 19.1. The molecule has 130 valence electrons. The van der Waals surface area contributed by atoms with E-state index in [1.165, 1.54) is 24.3 Å². The van der Waals surface area contributed by atoms with Crippen molar-refractivity contribution in [2.75, 3.05) is 16.8 Å². The fourth-order valence-corrected chi connectivity index (χ4v) is 2.66. The summed E-state index contributed by atoms with van der Waals surface area (Å²) in [7, 11) is 0. The van der Waals surface area contributed by atoms with E-state index in [2.05, 4.69) is 5.32 Å². The second-order valence-electron chi connectivity index (χ2n) is 5.90. The van der Waals surface area contributed by atoms with Crippen molar-refractivity contribution >= 4 is 23.2 Å². The number of halogens is 1. The van der Waals surface area contributed by atoms with Crippen molar-refractivity contribution in [3.8, 4) is 5.75 Å². The quantitative estimate of drug-likeness (QED) is 0.906. The van der Waals surface area contributed by atoms with Crippen LogP contribution in [0.2, 0.25) is 0 Å². The van der Waals surface area contributed by atoms with Gasteiger partial charge in [0, 0.05) is 24.3 Å². The molecule has 0 radical (unpaired) electrons. The van der Waals surface area contributed by atoms with Gasteiger partial charge in [0.2, 0.25) is 5.91 Å². The largest absolute Gasteiger partial charge is 0.481 e. The molecule has 0 unspecified atom stereocenters. The summed E-state index contributed by atoms with van der Waals surface area (Å²) in [5.74, 6) is -0.125. The highest BCUT2D eigenvalue weighted by molar-refractivity contribution is 5.96. The topological polar surface area (TPSA) is 58.6 Å². The Balaban J connectivity index is 1.58. The Bertz CT molecular complexity index is 759. The summed E-state index contributed by atoms with van der Waals surface area (Å²) in [6, 6.07) is 12.6. The Hall–Kier alpha value is -2.89. The SMILES string of the molecule is C[C@H](Oc1ccc(F)cc1)C(=O)Nc1ccc(N2CCCC2=O)cc1. The molecule has 0 bridgehead atoms. The first kappa shape index (κ1) is 17.0. The Morgan fingerprint density at radius 2 is 1.84 bits per heavy atom. The highest BCUT2D eigenvalue weighted by Gasteiger charge is 2.21. The second kappa shape index (κ2) is 7.34. The van der Waals surface area contributed by atoms with Gasteiger partial charge < -0.3 is 15.0 Å². The molecular formula is C19H19FN2O3. The van der Waals surface area contributed by atoms with Crippen LogP contribution in [-0.2, 0) is 9.59 Å². The molecule has 1 fully saturated rings. The zero-order chi connectivity index (χ0) is 17.8. The zero-order valence-corrected chi connectivity index (χ0v) is 13.9. The molecule has 5 nitrogen and oxygen atoms in total. The molecule has 1 N–H and O–H groups in total. The first-order chi connectivity index (χ1) is 12.0. The maximum Gasteiger partial charge on any atom is 0.265 e. The van der Waals surface area contributed by atoms with Crippen LogP contribution in [0.3, 0.4) is 0 Å². The van der Waals surface area contributed by atoms with Gasteiger partial charge in [-0.2, -0.15) is 0 Å². The van der Waals surface area contributed by atoms with Gasteiger partial charge in [-0.05, 0) is 61.9 Å². The molecule has 2 aromatic rings. The molecule has 1 atom stereocenters. The fraction of sp³-hybridized carbons (Fsp3) is 0.263. The zero-order valence-electron chi connectivity index (χ0n) is 13.9. The predicted octanol–water partition coefficient (Wildman–Crippen LogP) is 3.36. The third kappa shape index (κ3) is 4.15. The molecule has 1 aliphatic rings. The molecule has 2 amide bonds. The van der Waals surface area contributed by atoms with Gasteiger partial charge in [-0.3, -0.25) is 9.59 Å². The number of carbonyl (C=O) groups is 2. The minimum atomic E-state index is -0.731. The van der Waals surface area contributed by atoms with E-state index >= 15 is 0 Å². The van der Waals surface area contributed by atoms with Gasteiger partial charge >= 0.3 is 0 Å². The van der Waals surface area contributed by atoms with Gasteiger partial charge in [-0.25, -0.2) is 4.39 Å². The van der Waals surface area contributed by atoms with Crippen LogP contribution in [0.5, 0.6) is 5.75 Å². The van der Waals surface area contributed by atoms with Crippen LogP contribution in [-0.4, -0.2) is 24.5 Å². The molecule has 0 aliphatic carbocycles. The lowest BCUT2D eigenvalue weighted by Crippen LogP contribution is -2.30. The Kier molecular flexibility index (Phi) is 4.97. The van der Waals surface area contributed by atoms with Crippen molar-refractivity contribution in [1.29, 1.82) is 0 Å². The van der Waals surface area contributed by atoms with Gasteiger partial charge in [-0.15, -0.1) is 0 Å². The van der Waals surface area contributed by atoms with Crippen molar-refractivity contribution in [3.63, 3.8) is 0 Å². The maximum atomic E-state index is 12.9. The van der Waals surface area contributed by atoms with E-state index in [9.17, 15) is 14.0 Å². The third-order valence-corrected chi connectivity index (χ3v) is 4.02. The van der Waals surface area contributed by atoms with E-state index in [-0.39, 0.29) is 17.6 Å². The van der Waals surface area contributed by atoms with Crippen LogP contribution in [0.1, 0.15) is 19.8 Å². The summed E-state index contributed by atoms with van der Waals surface area (Å²) in [6.45, 7) is 2.35. The standard InChI is InChI=1S/C19H19FN2O3/c1-13(25-17-10-4-14(20)5-11-17)19(24)21-15-6-8-16(9-7-15)22-12-2-3-18(22)23/h4-11,13H,2-3,12H2,1H3,(H,21,24)/t13-/m0/s1. The number of ether oxygens (including phenoxy) is 1. The molecule has 0 saturated carbocycles. The molecule has 1 heterocycles. The predicted molar refractivity (Wildman–Crippen MR) is 93.1 cm³/mol. The molecule has 0 spiro atoms. The van der Waals surface area contributed by atoms with Crippen molar-refractivity contribution in [3.05, 3.63) is 54.3 Å². The van der Waals surface area contributed by atoms with E-state index in [1.807, 2.05) is 12.1 Å². The fourth-order valence-electron chi connectivity index (χ4n) is 2.66. The Morgan fingerprint density at radius 1 is 1.16 bits per heavy atom. The lowest BCUT2D eigenvalue weighted by atomic mass is 10.2. The van der Waals surface area contributed by atoms with Crippen LogP contribution in [0.15, 0.2) is 48.5 Å². The molecule has 3 rings (SSSR count). The van der Waals surface area contributed by atoms with E-state index in [0.29, 0.717) is 17.9 Å². The number of hydrogen-bond acceptors (Lipinski definition) is 3. The summed E-state index contributed by atoms with van der Waals surface area (Å²) in [5, 5.41) is 2.76. The number of nitrogens with one attached hydrogen (secondary N) is 1. The van der Waals surface area contributed by atoms with Crippen LogP contribution in [0.4, 0.5) is 15.8 Å². The number of anilines is 2. The second-order valence-corrected chi connectivity index (χ2v) is 5.90. The van der Waals surface area contributed by atoms with E-state index in [0.717, 1.165) is 18.7 Å². The molecular weight excluding hydrogens is 323 g/mol. The first-order valence-electron chi connectivity index (χ1n) is 8.16. The Labute approximate surface area is 145 Å². The minimum absolute atomic E-state index is 0.123. The maximum absolute atomic E-state index is 12.9. The monoisotopic (exact) mass is 342 g/mol. The number of rotatable bonds is 5. The number of benzene rings is 2. The van der Waals surface area contributed by atoms with E-state index in [1.54, 1.807) is 24.0 Å². The average Bonchev–Trinajstić information content (AvgIpc) is 3.03. The summed E-state index contributed by atoms with van der Waals surface area (Å²) >= 11 is 0. The van der Waals surface area contributed by atoms with E-state index < -0.39 is 6.10 Å². The van der Waals surface area contributed by atoms with Crippen molar-refractivity contribution in [2.24, 2.45) is 0 Å². The number of amides is 2. The van der Waals surface area contributed by atoms with Gasteiger partial charge in [0.05, 0.1) is 0 Å². The summed E-state index contributed by atoms with van der Waals surface area (Å²) in [5.41, 5.74) is 1.45. The van der Waals surface area contributed by atoms with Gasteiger partial charge in [0.25, 0.3) is 5.91 Å². The molecule has 25 heavy (non-hydrogen) atoms. The molecule has 2 aromatic carbocycles. The molecule has 6 heteroatoms. The van der Waals surface area contributed by atoms with Gasteiger partial charge in [0.1, 0.15) is 11.6 Å². The van der Waals surface area contributed by atoms with Gasteiger partial charge in [0.15, 0.2) is 6.10 Å². The Morgan fingerprint density at radius 3 is 2.44 bits per heavy atom. The summed E-state index contributed by atoms with van der Waals surface area (Å²) < 4.78 is 18.4. The number of hydrogen-bond donors (Lipinski definition) is 1. The van der Waals surface area contributed by atoms with Crippen LogP contribution >= 0.6 is 0 Å². The average molecular weight is 342 g/mol. The first-order valence-corrected chi connectivity index (χ1v) is 8.16. The smallest absolute Gasteiger partial charge is 0.265 e. The van der Waals surface area contributed by atoms with E-state index in [4.69, 9.17) is 4.74 Å². The van der Waals surface area contributed by atoms with Crippen molar-refractivity contribution in [2.45, 2.75) is 25.9 Å². The normalized spacial score (nSPS) is 15.1. The summed E-state index contributed by atoms with van der Waals surface area (Å²) in [4.78, 5) is 25.7. The van der Waals surface area contributed by atoms with Crippen LogP contribution in [0.25, 0.3) is 0 Å². The lowest BCUT2D eigenvalue weighted by molar-refractivity contribution is -0.122. The third-order valence-electron chi connectivity index (χ3n) is 4.02. The highest BCUT2D eigenvalue weighted by Crippen LogP contribution is 2.23. The number of nitrogens with zero attached hydrogens (tertiary/aromatic N) is 1. The van der Waals surface area contributed by atoms with Crippen molar-refractivity contribution in [1.82, 2.24) is 0 Å². The molecule has 1 saturated heterocycles. The summed E-state index contributed by atoms with van der Waals surface area (Å²) in [6.07, 6.45) is 0.719. The minimum Gasteiger partial charge on any atom is -0.481 e. The lowest BCUT2D eigenvalue weighted by Gasteiger charge is -2.17. The van der Waals surface area contributed by atoms with Gasteiger partial charge in [-0.1, -0.05) is 0 Å².